The minimum absolute atomic E-state index is 0.0810. The molecule has 2 heterocycles. The fourth-order valence-electron chi connectivity index (χ4n) is 2.03. The van der Waals surface area contributed by atoms with Gasteiger partial charge in [-0.3, -0.25) is 4.79 Å². The van der Waals surface area contributed by atoms with E-state index in [0.717, 1.165) is 6.42 Å². The number of pyridine rings is 1. The summed E-state index contributed by atoms with van der Waals surface area (Å²) < 4.78 is 5.55. The van der Waals surface area contributed by atoms with E-state index in [0.29, 0.717) is 31.1 Å². The van der Waals surface area contributed by atoms with Crippen molar-refractivity contribution >= 4 is 23.3 Å². The largest absolute Gasteiger partial charge is 0.375 e. The number of anilines is 1. The number of nitrogens with two attached hydrogens (primary N) is 1. The van der Waals surface area contributed by atoms with Crippen molar-refractivity contribution in [3.8, 4) is 0 Å². The second-order valence-corrected chi connectivity index (χ2v) is 4.75. The van der Waals surface area contributed by atoms with Crippen molar-refractivity contribution in [3.05, 3.63) is 22.8 Å². The predicted molar refractivity (Wildman–Crippen MR) is 73.0 cm³/mol. The van der Waals surface area contributed by atoms with Crippen LogP contribution in [0.2, 0.25) is 5.15 Å². The number of nitrogen functional groups attached to an aromatic ring is 1. The number of hydrogen-bond acceptors (Lipinski definition) is 5. The lowest BCUT2D eigenvalue weighted by Gasteiger charge is -2.32. The van der Waals surface area contributed by atoms with Gasteiger partial charge in [-0.1, -0.05) is 18.5 Å². The number of nitrogens with one attached hydrogen (secondary N) is 1. The maximum atomic E-state index is 12.4. The van der Waals surface area contributed by atoms with Crippen LogP contribution in [0.5, 0.6) is 0 Å². The van der Waals surface area contributed by atoms with Gasteiger partial charge in [0.05, 0.1) is 12.7 Å². The Morgan fingerprint density at radius 1 is 1.68 bits per heavy atom. The molecule has 1 aliphatic heterocycles. The highest BCUT2D eigenvalue weighted by molar-refractivity contribution is 6.29. The van der Waals surface area contributed by atoms with Gasteiger partial charge in [-0.05, 0) is 18.6 Å². The second kappa shape index (κ2) is 6.18. The molecule has 3 N–H and O–H groups in total. The highest BCUT2D eigenvalue weighted by Gasteiger charge is 2.24. The van der Waals surface area contributed by atoms with Crippen molar-refractivity contribution in [2.24, 2.45) is 5.84 Å². The van der Waals surface area contributed by atoms with Crippen LogP contribution in [0.15, 0.2) is 12.1 Å². The Hall–Kier alpha value is -1.37. The number of carbonyl (C=O) groups excluding carboxylic acids is 1. The number of halogens is 1. The molecule has 0 radical (unpaired) electrons. The molecule has 0 bridgehead atoms. The number of ether oxygens (including phenoxy) is 1. The van der Waals surface area contributed by atoms with E-state index in [1.807, 2.05) is 6.92 Å². The van der Waals surface area contributed by atoms with Gasteiger partial charge in [0, 0.05) is 18.7 Å². The molecule has 0 spiro atoms. The van der Waals surface area contributed by atoms with Gasteiger partial charge in [-0.2, -0.15) is 0 Å². The van der Waals surface area contributed by atoms with Gasteiger partial charge in [-0.25, -0.2) is 10.8 Å². The number of carbonyl (C=O) groups is 1. The molecular formula is C12H17ClN4O2. The number of morpholine rings is 1. The van der Waals surface area contributed by atoms with Crippen molar-refractivity contribution < 1.29 is 9.53 Å². The molecule has 1 atom stereocenters. The maximum Gasteiger partial charge on any atom is 0.254 e. The third-order valence-electron chi connectivity index (χ3n) is 3.07. The molecule has 104 valence electrons. The van der Waals surface area contributed by atoms with E-state index in [-0.39, 0.29) is 17.2 Å². The van der Waals surface area contributed by atoms with Gasteiger partial charge in [0.15, 0.2) is 0 Å². The van der Waals surface area contributed by atoms with E-state index in [2.05, 4.69) is 10.4 Å². The van der Waals surface area contributed by atoms with Crippen LogP contribution in [0.25, 0.3) is 0 Å². The third kappa shape index (κ3) is 3.34. The SMILES string of the molecule is CCC1CN(C(=O)c2cc(Cl)nc(NN)c2)CCO1. The standard InChI is InChI=1S/C12H17ClN4O2/c1-2-9-7-17(3-4-19-9)12(18)8-5-10(13)15-11(6-8)16-14/h5-6,9H,2-4,7,14H2,1H3,(H,15,16). The predicted octanol–water partition coefficient (Wildman–Crippen LogP) is 1.27. The average Bonchev–Trinajstić information content (AvgIpc) is 2.45. The van der Waals surface area contributed by atoms with Crippen LogP contribution < -0.4 is 11.3 Å². The second-order valence-electron chi connectivity index (χ2n) is 4.36. The number of rotatable bonds is 3. The molecule has 0 saturated carbocycles. The molecule has 2 rings (SSSR count). The lowest BCUT2D eigenvalue weighted by atomic mass is 10.1. The summed E-state index contributed by atoms with van der Waals surface area (Å²) >= 11 is 5.87. The lowest BCUT2D eigenvalue weighted by molar-refractivity contribution is -0.0226. The van der Waals surface area contributed by atoms with Gasteiger partial charge in [0.2, 0.25) is 0 Å². The summed E-state index contributed by atoms with van der Waals surface area (Å²) in [4.78, 5) is 18.1. The molecule has 1 unspecified atom stereocenters. The van der Waals surface area contributed by atoms with E-state index >= 15 is 0 Å². The average molecular weight is 285 g/mol. The zero-order valence-electron chi connectivity index (χ0n) is 10.7. The molecule has 19 heavy (non-hydrogen) atoms. The molecular weight excluding hydrogens is 268 g/mol. The van der Waals surface area contributed by atoms with E-state index in [1.165, 1.54) is 0 Å². The van der Waals surface area contributed by atoms with E-state index in [4.69, 9.17) is 22.2 Å². The van der Waals surface area contributed by atoms with Gasteiger partial charge in [0.1, 0.15) is 11.0 Å². The molecule has 1 saturated heterocycles. The topological polar surface area (TPSA) is 80.5 Å². The summed E-state index contributed by atoms with van der Waals surface area (Å²) in [5, 5.41) is 0.235. The van der Waals surface area contributed by atoms with Crippen LogP contribution in [-0.4, -0.2) is 41.6 Å². The molecule has 1 aromatic rings. The minimum atomic E-state index is -0.0810. The molecule has 1 aromatic heterocycles. The van der Waals surface area contributed by atoms with Crippen molar-refractivity contribution in [1.29, 1.82) is 0 Å². The Bertz CT molecular complexity index is 469. The van der Waals surface area contributed by atoms with Crippen LogP contribution in [0.4, 0.5) is 5.82 Å². The first-order valence-corrected chi connectivity index (χ1v) is 6.57. The first-order chi connectivity index (χ1) is 9.13. The summed E-state index contributed by atoms with van der Waals surface area (Å²) in [7, 11) is 0. The Balaban J connectivity index is 2.16. The number of amides is 1. The summed E-state index contributed by atoms with van der Waals surface area (Å²) in [5.74, 6) is 5.58. The van der Waals surface area contributed by atoms with E-state index in [1.54, 1.807) is 17.0 Å². The number of hydrazine groups is 1. The summed E-state index contributed by atoms with van der Waals surface area (Å²) in [5.41, 5.74) is 2.87. The van der Waals surface area contributed by atoms with Gasteiger partial charge in [-0.15, -0.1) is 0 Å². The Morgan fingerprint density at radius 2 is 2.47 bits per heavy atom. The third-order valence-corrected chi connectivity index (χ3v) is 3.26. The van der Waals surface area contributed by atoms with Crippen LogP contribution in [-0.2, 0) is 4.74 Å². The van der Waals surface area contributed by atoms with Crippen molar-refractivity contribution in [3.63, 3.8) is 0 Å². The lowest BCUT2D eigenvalue weighted by Crippen LogP contribution is -2.45. The molecule has 6 nitrogen and oxygen atoms in total. The maximum absolute atomic E-state index is 12.4. The van der Waals surface area contributed by atoms with E-state index < -0.39 is 0 Å². The molecule has 7 heteroatoms. The smallest absolute Gasteiger partial charge is 0.254 e. The van der Waals surface area contributed by atoms with Gasteiger partial charge in [0.25, 0.3) is 5.91 Å². The van der Waals surface area contributed by atoms with E-state index in [9.17, 15) is 4.79 Å². The minimum Gasteiger partial charge on any atom is -0.375 e. The van der Waals surface area contributed by atoms with Crippen LogP contribution >= 0.6 is 11.6 Å². The van der Waals surface area contributed by atoms with Crippen LogP contribution in [0, 0.1) is 0 Å². The van der Waals surface area contributed by atoms with Crippen LogP contribution in [0.3, 0.4) is 0 Å². The highest BCUT2D eigenvalue weighted by atomic mass is 35.5. The first kappa shape index (κ1) is 14.0. The Kier molecular flexibility index (Phi) is 4.57. The van der Waals surface area contributed by atoms with Crippen molar-refractivity contribution in [2.45, 2.75) is 19.4 Å². The monoisotopic (exact) mass is 284 g/mol. The zero-order chi connectivity index (χ0) is 13.8. The Morgan fingerprint density at radius 3 is 3.16 bits per heavy atom. The van der Waals surface area contributed by atoms with Crippen LogP contribution in [0.1, 0.15) is 23.7 Å². The van der Waals surface area contributed by atoms with Crippen molar-refractivity contribution in [1.82, 2.24) is 9.88 Å². The fraction of sp³-hybridized carbons (Fsp3) is 0.500. The fourth-order valence-corrected chi connectivity index (χ4v) is 2.24. The number of aromatic nitrogens is 1. The van der Waals surface area contributed by atoms with Crippen molar-refractivity contribution in [2.75, 3.05) is 25.1 Å². The summed E-state index contributed by atoms with van der Waals surface area (Å²) in [6, 6.07) is 3.13. The van der Waals surface area contributed by atoms with Gasteiger partial charge < -0.3 is 15.1 Å². The Labute approximate surface area is 116 Å². The zero-order valence-corrected chi connectivity index (χ0v) is 11.5. The summed E-state index contributed by atoms with van der Waals surface area (Å²) in [6.45, 7) is 3.78. The first-order valence-electron chi connectivity index (χ1n) is 6.19. The quantitative estimate of drug-likeness (QED) is 0.496. The molecule has 0 aromatic carbocycles. The normalized spacial score (nSPS) is 19.3. The molecule has 1 fully saturated rings. The molecule has 1 aliphatic rings. The number of hydrogen-bond donors (Lipinski definition) is 2. The highest BCUT2D eigenvalue weighted by Crippen LogP contribution is 2.17. The number of nitrogens with zero attached hydrogens (tertiary/aromatic N) is 2. The van der Waals surface area contributed by atoms with Gasteiger partial charge >= 0.3 is 0 Å². The summed E-state index contributed by atoms with van der Waals surface area (Å²) in [6.07, 6.45) is 0.985. The molecule has 1 amide bonds. The molecule has 0 aliphatic carbocycles.